The zero-order chi connectivity index (χ0) is 32.7. The number of hydrogen-bond acceptors (Lipinski definition) is 14. The summed E-state index contributed by atoms with van der Waals surface area (Å²) in [5.41, 5.74) is -2.17. The molecule has 0 spiro atoms. The predicted molar refractivity (Wildman–Crippen MR) is 153 cm³/mol. The van der Waals surface area contributed by atoms with Gasteiger partial charge in [0.05, 0.1) is 30.9 Å². The number of benzene rings is 2. The Balaban J connectivity index is 1.28. The molecule has 2 aromatic rings. The highest BCUT2D eigenvalue weighted by molar-refractivity contribution is 6.30. The van der Waals surface area contributed by atoms with Gasteiger partial charge < -0.3 is 48.8 Å². The van der Waals surface area contributed by atoms with Crippen molar-refractivity contribution >= 4 is 17.3 Å². The van der Waals surface area contributed by atoms with Crippen LogP contribution in [0.4, 0.5) is 0 Å². The quantitative estimate of drug-likeness (QED) is 0.288. The van der Waals surface area contributed by atoms with Gasteiger partial charge in [0.25, 0.3) is 0 Å². The number of carbonyl (C=O) groups is 3. The Morgan fingerprint density at radius 2 is 1.89 bits per heavy atom. The van der Waals surface area contributed by atoms with Gasteiger partial charge in [-0.05, 0) is 24.6 Å². The highest BCUT2D eigenvalue weighted by Gasteiger charge is 2.59. The van der Waals surface area contributed by atoms with Crippen molar-refractivity contribution in [1.82, 2.24) is 4.90 Å². The summed E-state index contributed by atoms with van der Waals surface area (Å²) in [6, 6.07) is 5.61. The second kappa shape index (κ2) is 11.1. The van der Waals surface area contributed by atoms with Crippen LogP contribution < -0.4 is 4.74 Å². The molecule has 3 fully saturated rings. The van der Waals surface area contributed by atoms with Crippen molar-refractivity contribution in [1.29, 1.82) is 0 Å². The number of ketones is 3. The molecule has 0 unspecified atom stereocenters. The van der Waals surface area contributed by atoms with E-state index in [1.807, 2.05) is 4.90 Å². The van der Waals surface area contributed by atoms with E-state index in [9.17, 15) is 34.8 Å². The van der Waals surface area contributed by atoms with Gasteiger partial charge in [-0.15, -0.1) is 0 Å². The maximum absolute atomic E-state index is 13.8. The van der Waals surface area contributed by atoms with Crippen LogP contribution in [0.1, 0.15) is 68.8 Å². The molecule has 14 heteroatoms. The van der Waals surface area contributed by atoms with Crippen LogP contribution in [0.15, 0.2) is 24.3 Å². The van der Waals surface area contributed by atoms with Crippen molar-refractivity contribution in [3.05, 3.63) is 57.6 Å². The third kappa shape index (κ3) is 4.63. The molecular weight excluding hydrogens is 606 g/mol. The van der Waals surface area contributed by atoms with E-state index in [4.69, 9.17) is 28.4 Å². The molecule has 0 amide bonds. The molecule has 0 saturated carbocycles. The van der Waals surface area contributed by atoms with Gasteiger partial charge in [-0.3, -0.25) is 19.3 Å². The third-order valence-corrected chi connectivity index (χ3v) is 9.76. The molecule has 3 saturated heterocycles. The summed E-state index contributed by atoms with van der Waals surface area (Å²) in [6.07, 6.45) is -4.95. The number of hydrogen-bond donors (Lipinski definition) is 4. The number of aliphatic hydroxyl groups excluding tert-OH is 1. The van der Waals surface area contributed by atoms with Crippen LogP contribution in [0.2, 0.25) is 0 Å². The normalized spacial score (nSPS) is 35.1. The Kier molecular flexibility index (Phi) is 7.58. The maximum atomic E-state index is 13.8. The molecule has 14 nitrogen and oxygen atoms in total. The molecule has 7 rings (SSSR count). The number of morpholine rings is 1. The van der Waals surface area contributed by atoms with Crippen LogP contribution in [-0.2, 0) is 34.9 Å². The SMILES string of the molecule is COc1cccc2c1C(=O)c1cc3c(c(O)c1C2=O)C[C@@](O)(C(=O)CO)C[C@@H]3O[C@H]1C[C@H]2[C@H](O[C@@H]3[C@@H](OC)OCCN32)[C@@](C)(O)O1. The number of aromatic hydroxyl groups is 1. The fourth-order valence-electron chi connectivity index (χ4n) is 7.59. The lowest BCUT2D eigenvalue weighted by molar-refractivity contribution is -0.353. The minimum atomic E-state index is -2.18. The highest BCUT2D eigenvalue weighted by atomic mass is 16.8. The fourth-order valence-corrected chi connectivity index (χ4v) is 7.59. The van der Waals surface area contributed by atoms with Crippen molar-refractivity contribution in [3.63, 3.8) is 0 Å². The number of aliphatic hydroxyl groups is 3. The number of rotatable bonds is 6. The number of methoxy groups -OCH3 is 2. The average Bonchev–Trinajstić information content (AvgIpc) is 3.43. The van der Waals surface area contributed by atoms with Gasteiger partial charge in [0.15, 0.2) is 41.9 Å². The van der Waals surface area contributed by atoms with Crippen molar-refractivity contribution in [3.8, 4) is 11.5 Å². The van der Waals surface area contributed by atoms with Gasteiger partial charge >= 0.3 is 0 Å². The molecule has 0 radical (unpaired) electrons. The monoisotopic (exact) mass is 641 g/mol. The zero-order valence-corrected chi connectivity index (χ0v) is 25.4. The van der Waals surface area contributed by atoms with E-state index >= 15 is 0 Å². The third-order valence-electron chi connectivity index (χ3n) is 9.76. The van der Waals surface area contributed by atoms with Crippen molar-refractivity contribution in [2.75, 3.05) is 34.0 Å². The summed E-state index contributed by atoms with van der Waals surface area (Å²) in [5.74, 6) is -4.31. The first-order chi connectivity index (χ1) is 21.9. The van der Waals surface area contributed by atoms with E-state index < -0.39 is 78.5 Å². The predicted octanol–water partition coefficient (Wildman–Crippen LogP) is 0.326. The van der Waals surface area contributed by atoms with Gasteiger partial charge in [0.1, 0.15) is 29.8 Å². The molecule has 2 aromatic carbocycles. The van der Waals surface area contributed by atoms with Crippen LogP contribution in [0.5, 0.6) is 11.5 Å². The fraction of sp³-hybridized carbons (Fsp3) is 0.531. The summed E-state index contributed by atoms with van der Waals surface area (Å²) < 4.78 is 34.9. The second-order valence-corrected chi connectivity index (χ2v) is 12.4. The Morgan fingerprint density at radius 1 is 1.13 bits per heavy atom. The number of ether oxygens (including phenoxy) is 6. The lowest BCUT2D eigenvalue weighted by atomic mass is 9.72. The molecule has 0 bridgehead atoms. The Bertz CT molecular complexity index is 1620. The number of phenolic OH excluding ortho intramolecular Hbond substituents is 1. The topological polar surface area (TPSA) is 191 Å². The van der Waals surface area contributed by atoms with E-state index in [2.05, 4.69) is 0 Å². The van der Waals surface area contributed by atoms with Crippen LogP contribution in [-0.4, -0.2) is 119 Å². The first-order valence-electron chi connectivity index (χ1n) is 15.0. The van der Waals surface area contributed by atoms with E-state index in [0.29, 0.717) is 13.2 Å². The number of fused-ring (bicyclic) bond motifs is 6. The number of phenols is 1. The van der Waals surface area contributed by atoms with Crippen molar-refractivity contribution in [2.24, 2.45) is 0 Å². The first kappa shape index (κ1) is 31.3. The highest BCUT2D eigenvalue weighted by Crippen LogP contribution is 2.49. The van der Waals surface area contributed by atoms with Crippen molar-refractivity contribution < 1.29 is 63.2 Å². The van der Waals surface area contributed by atoms with Gasteiger partial charge in [-0.1, -0.05) is 12.1 Å². The maximum Gasteiger partial charge on any atom is 0.198 e. The smallest absolute Gasteiger partial charge is 0.198 e. The zero-order valence-electron chi connectivity index (χ0n) is 25.4. The average molecular weight is 642 g/mol. The standard InChI is InChI=1S/C32H35NO13/c1-31(39)28-18(33-7-8-43-30(42-3)29(33)45-28)10-22(46-31)44-20-12-32(40,21(35)13-34)11-17-15(20)9-16-24(27(17)38)25(36)14-5-4-6-19(41-2)23(14)26(16)37/h4-6,9,18,20,22,28-30,34,38-40H,7-8,10-13H2,1-3H3/t18-,20-,22+,28-,29+,30-,31-,32-/m0/s1. The summed E-state index contributed by atoms with van der Waals surface area (Å²) >= 11 is 0. The number of nitrogens with zero attached hydrogens (tertiary/aromatic N) is 1. The van der Waals surface area contributed by atoms with Gasteiger partial charge in [-0.2, -0.15) is 0 Å². The number of Topliss-reactive ketones (excluding diaryl/α,β-unsaturated/α-hetero) is 1. The summed E-state index contributed by atoms with van der Waals surface area (Å²) in [7, 11) is 2.88. The molecule has 246 valence electrons. The van der Waals surface area contributed by atoms with Crippen LogP contribution in [0.3, 0.4) is 0 Å². The van der Waals surface area contributed by atoms with E-state index in [0.717, 1.165) is 0 Å². The minimum Gasteiger partial charge on any atom is -0.507 e. The van der Waals surface area contributed by atoms with Gasteiger partial charge in [0, 0.05) is 55.6 Å². The van der Waals surface area contributed by atoms with Crippen LogP contribution in [0.25, 0.3) is 0 Å². The summed E-state index contributed by atoms with van der Waals surface area (Å²) in [4.78, 5) is 42.4. The summed E-state index contributed by atoms with van der Waals surface area (Å²) in [5, 5.41) is 44.1. The molecule has 2 aliphatic carbocycles. The lowest BCUT2D eigenvalue weighted by Gasteiger charge is -2.45. The van der Waals surface area contributed by atoms with E-state index in [-0.39, 0.29) is 58.0 Å². The molecule has 8 atom stereocenters. The van der Waals surface area contributed by atoms with Gasteiger partial charge in [-0.25, -0.2) is 0 Å². The van der Waals surface area contributed by atoms with Crippen LogP contribution >= 0.6 is 0 Å². The van der Waals surface area contributed by atoms with Crippen LogP contribution in [0, 0.1) is 0 Å². The number of carbonyl (C=O) groups excluding carboxylic acids is 3. The molecule has 0 aromatic heterocycles. The van der Waals surface area contributed by atoms with E-state index in [1.54, 1.807) is 12.1 Å². The first-order valence-corrected chi connectivity index (χ1v) is 15.0. The summed E-state index contributed by atoms with van der Waals surface area (Å²) in [6.45, 7) is 1.32. The van der Waals surface area contributed by atoms with Gasteiger partial charge in [0.2, 0.25) is 0 Å². The van der Waals surface area contributed by atoms with E-state index in [1.165, 1.54) is 33.3 Å². The molecule has 3 heterocycles. The molecular formula is C32H35NO13. The lowest BCUT2D eigenvalue weighted by Crippen LogP contribution is -2.59. The largest absolute Gasteiger partial charge is 0.507 e. The molecule has 3 aliphatic heterocycles. The molecule has 4 N–H and O–H groups in total. The Labute approximate surface area is 263 Å². The second-order valence-electron chi connectivity index (χ2n) is 12.4. The minimum absolute atomic E-state index is 0.0209. The Hall–Kier alpha value is -3.31. The van der Waals surface area contributed by atoms with Crippen molar-refractivity contribution in [2.45, 2.75) is 74.6 Å². The Morgan fingerprint density at radius 3 is 2.61 bits per heavy atom. The molecule has 46 heavy (non-hydrogen) atoms. The molecule has 5 aliphatic rings.